The van der Waals surface area contributed by atoms with Crippen LogP contribution >= 0.6 is 11.6 Å². The highest BCUT2D eigenvalue weighted by molar-refractivity contribution is 6.30. The van der Waals surface area contributed by atoms with Crippen molar-refractivity contribution in [2.75, 3.05) is 0 Å². The first-order valence-electron chi connectivity index (χ1n) is 8.35. The molecule has 0 unspecified atom stereocenters. The molecule has 130 valence electrons. The molecular formula is C22H19ClN2O. The molecule has 0 heterocycles. The molecule has 3 rings (SSSR count). The fraction of sp³-hybridized carbons (Fsp3) is 0.0909. The number of hydrogen-bond donors (Lipinski definition) is 1. The summed E-state index contributed by atoms with van der Waals surface area (Å²) < 4.78 is 0. The zero-order valence-corrected chi connectivity index (χ0v) is 15.2. The molecule has 0 bridgehead atoms. The summed E-state index contributed by atoms with van der Waals surface area (Å²) >= 11 is 5.85. The van der Waals surface area contributed by atoms with Crippen LogP contribution in [0.2, 0.25) is 5.02 Å². The molecule has 0 aliphatic heterocycles. The standard InChI is InChI=1S/C22H19ClN2O/c1-16(24-25-22(26)15-17-7-13-21(23)14-8-17)18-9-11-20(12-10-18)19-5-3-2-4-6-19/h2-14H,15H2,1H3,(H,25,26)/b24-16+. The summed E-state index contributed by atoms with van der Waals surface area (Å²) in [6.45, 7) is 1.88. The topological polar surface area (TPSA) is 41.5 Å². The van der Waals surface area contributed by atoms with Crippen molar-refractivity contribution < 1.29 is 4.79 Å². The monoisotopic (exact) mass is 362 g/mol. The van der Waals surface area contributed by atoms with Crippen molar-refractivity contribution >= 4 is 23.2 Å². The molecule has 0 aliphatic carbocycles. The normalized spacial score (nSPS) is 11.2. The van der Waals surface area contributed by atoms with Crippen molar-refractivity contribution in [2.24, 2.45) is 5.10 Å². The molecule has 4 heteroatoms. The van der Waals surface area contributed by atoms with Crippen LogP contribution in [0.5, 0.6) is 0 Å². The van der Waals surface area contributed by atoms with Crippen LogP contribution in [0.25, 0.3) is 11.1 Å². The number of nitrogens with zero attached hydrogens (tertiary/aromatic N) is 1. The molecule has 0 aliphatic rings. The SMILES string of the molecule is C/C(=N\NC(=O)Cc1ccc(Cl)cc1)c1ccc(-c2ccccc2)cc1. The molecule has 0 fully saturated rings. The van der Waals surface area contributed by atoms with Crippen LogP contribution in [0.15, 0.2) is 84.0 Å². The third-order valence-corrected chi connectivity index (χ3v) is 4.29. The first kappa shape index (κ1) is 17.9. The lowest BCUT2D eigenvalue weighted by molar-refractivity contribution is -0.120. The van der Waals surface area contributed by atoms with Crippen LogP contribution in [0, 0.1) is 0 Å². The molecule has 0 radical (unpaired) electrons. The van der Waals surface area contributed by atoms with Gasteiger partial charge in [0.05, 0.1) is 12.1 Å². The van der Waals surface area contributed by atoms with E-state index in [-0.39, 0.29) is 12.3 Å². The van der Waals surface area contributed by atoms with Crippen LogP contribution in [0.3, 0.4) is 0 Å². The van der Waals surface area contributed by atoms with Crippen molar-refractivity contribution in [1.82, 2.24) is 5.43 Å². The van der Waals surface area contributed by atoms with Crippen LogP contribution in [-0.4, -0.2) is 11.6 Å². The lowest BCUT2D eigenvalue weighted by atomic mass is 10.0. The summed E-state index contributed by atoms with van der Waals surface area (Å²) in [5.74, 6) is -0.160. The summed E-state index contributed by atoms with van der Waals surface area (Å²) in [5, 5.41) is 4.86. The Labute approximate surface area is 158 Å². The molecule has 0 spiro atoms. The van der Waals surface area contributed by atoms with E-state index >= 15 is 0 Å². The first-order valence-corrected chi connectivity index (χ1v) is 8.73. The molecular weight excluding hydrogens is 344 g/mol. The van der Waals surface area contributed by atoms with Gasteiger partial charge in [-0.05, 0) is 41.3 Å². The Hall–Kier alpha value is -2.91. The van der Waals surface area contributed by atoms with Crippen molar-refractivity contribution in [3.63, 3.8) is 0 Å². The van der Waals surface area contributed by atoms with E-state index in [2.05, 4.69) is 34.8 Å². The number of hydrazone groups is 1. The molecule has 0 saturated heterocycles. The molecule has 1 amide bonds. The van der Waals surface area contributed by atoms with Gasteiger partial charge < -0.3 is 0 Å². The zero-order valence-electron chi connectivity index (χ0n) is 14.4. The van der Waals surface area contributed by atoms with Crippen molar-refractivity contribution in [3.05, 3.63) is 95.0 Å². The third-order valence-electron chi connectivity index (χ3n) is 4.04. The predicted molar refractivity (Wildman–Crippen MR) is 107 cm³/mol. The number of benzene rings is 3. The van der Waals surface area contributed by atoms with Gasteiger partial charge in [-0.25, -0.2) is 5.43 Å². The van der Waals surface area contributed by atoms with Gasteiger partial charge in [0, 0.05) is 5.02 Å². The smallest absolute Gasteiger partial charge is 0.244 e. The summed E-state index contributed by atoms with van der Waals surface area (Å²) in [7, 11) is 0. The average molecular weight is 363 g/mol. The second kappa shape index (κ2) is 8.45. The minimum absolute atomic E-state index is 0.160. The lowest BCUT2D eigenvalue weighted by Crippen LogP contribution is -2.21. The highest BCUT2D eigenvalue weighted by atomic mass is 35.5. The highest BCUT2D eigenvalue weighted by Crippen LogP contribution is 2.19. The average Bonchev–Trinajstić information content (AvgIpc) is 2.69. The fourth-order valence-corrected chi connectivity index (χ4v) is 2.70. The Balaban J connectivity index is 1.62. The van der Waals surface area contributed by atoms with Gasteiger partial charge in [0.2, 0.25) is 5.91 Å². The van der Waals surface area contributed by atoms with E-state index < -0.39 is 0 Å². The van der Waals surface area contributed by atoms with Gasteiger partial charge in [-0.3, -0.25) is 4.79 Å². The number of rotatable bonds is 5. The second-order valence-corrected chi connectivity index (χ2v) is 6.42. The maximum absolute atomic E-state index is 12.0. The molecule has 0 atom stereocenters. The number of halogens is 1. The molecule has 26 heavy (non-hydrogen) atoms. The largest absolute Gasteiger partial charge is 0.273 e. The Morgan fingerprint density at radius 3 is 2.15 bits per heavy atom. The number of hydrogen-bond acceptors (Lipinski definition) is 2. The molecule has 3 nitrogen and oxygen atoms in total. The fourth-order valence-electron chi connectivity index (χ4n) is 2.57. The summed E-state index contributed by atoms with van der Waals surface area (Å²) in [6.07, 6.45) is 0.265. The van der Waals surface area contributed by atoms with E-state index in [9.17, 15) is 4.79 Å². The van der Waals surface area contributed by atoms with Gasteiger partial charge >= 0.3 is 0 Å². The van der Waals surface area contributed by atoms with Gasteiger partial charge in [-0.1, -0.05) is 78.3 Å². The summed E-state index contributed by atoms with van der Waals surface area (Å²) in [6, 6.07) is 25.5. The van der Waals surface area contributed by atoms with Gasteiger partial charge in [-0.2, -0.15) is 5.10 Å². The van der Waals surface area contributed by atoms with E-state index in [1.807, 2.05) is 49.4 Å². The molecule has 1 N–H and O–H groups in total. The number of nitrogens with one attached hydrogen (secondary N) is 1. The summed E-state index contributed by atoms with van der Waals surface area (Å²) in [4.78, 5) is 12.0. The minimum atomic E-state index is -0.160. The molecule has 0 aromatic heterocycles. The molecule has 0 saturated carbocycles. The molecule has 3 aromatic carbocycles. The van der Waals surface area contributed by atoms with Gasteiger partial charge in [0.15, 0.2) is 0 Å². The van der Waals surface area contributed by atoms with Crippen molar-refractivity contribution in [2.45, 2.75) is 13.3 Å². The number of amides is 1. The second-order valence-electron chi connectivity index (χ2n) is 5.98. The van der Waals surface area contributed by atoms with E-state index in [1.54, 1.807) is 12.1 Å². The van der Waals surface area contributed by atoms with E-state index in [1.165, 1.54) is 5.56 Å². The highest BCUT2D eigenvalue weighted by Gasteiger charge is 2.04. The summed E-state index contributed by atoms with van der Waals surface area (Å²) in [5.41, 5.74) is 7.55. The predicted octanol–water partition coefficient (Wildman–Crippen LogP) is 5.09. The maximum atomic E-state index is 12.0. The van der Waals surface area contributed by atoms with Crippen LogP contribution in [0.4, 0.5) is 0 Å². The Morgan fingerprint density at radius 2 is 1.50 bits per heavy atom. The molecule has 3 aromatic rings. The van der Waals surface area contributed by atoms with Gasteiger partial charge in [0.25, 0.3) is 0 Å². The van der Waals surface area contributed by atoms with E-state index in [0.29, 0.717) is 5.02 Å². The van der Waals surface area contributed by atoms with E-state index in [0.717, 1.165) is 22.4 Å². The number of carbonyl (C=O) groups is 1. The van der Waals surface area contributed by atoms with Gasteiger partial charge in [-0.15, -0.1) is 0 Å². The Bertz CT molecular complexity index is 901. The van der Waals surface area contributed by atoms with Gasteiger partial charge in [0.1, 0.15) is 0 Å². The minimum Gasteiger partial charge on any atom is -0.273 e. The van der Waals surface area contributed by atoms with Crippen molar-refractivity contribution in [1.29, 1.82) is 0 Å². The Kier molecular flexibility index (Phi) is 5.82. The number of carbonyl (C=O) groups excluding carboxylic acids is 1. The van der Waals surface area contributed by atoms with Crippen LogP contribution in [-0.2, 0) is 11.2 Å². The maximum Gasteiger partial charge on any atom is 0.244 e. The van der Waals surface area contributed by atoms with Crippen LogP contribution < -0.4 is 5.43 Å². The van der Waals surface area contributed by atoms with E-state index in [4.69, 9.17) is 11.6 Å². The third kappa shape index (κ3) is 4.80. The Morgan fingerprint density at radius 1 is 0.885 bits per heavy atom. The first-order chi connectivity index (χ1) is 12.6. The zero-order chi connectivity index (χ0) is 18.4. The van der Waals surface area contributed by atoms with Crippen molar-refractivity contribution in [3.8, 4) is 11.1 Å². The lowest BCUT2D eigenvalue weighted by Gasteiger charge is -2.05. The van der Waals surface area contributed by atoms with Crippen LogP contribution in [0.1, 0.15) is 18.1 Å². The quantitative estimate of drug-likeness (QED) is 0.498.